The first kappa shape index (κ1) is 19.8. The van der Waals surface area contributed by atoms with Crippen LogP contribution in [0.4, 0.5) is 16.2 Å². The van der Waals surface area contributed by atoms with Crippen LogP contribution in [0.1, 0.15) is 16.7 Å². The van der Waals surface area contributed by atoms with E-state index in [0.717, 1.165) is 26.2 Å². The second-order valence-electron chi connectivity index (χ2n) is 6.83. The summed E-state index contributed by atoms with van der Waals surface area (Å²) >= 11 is 3.49. The lowest BCUT2D eigenvalue weighted by molar-refractivity contribution is -0.122. The molecule has 0 atom stereocenters. The van der Waals surface area contributed by atoms with Crippen molar-refractivity contribution in [1.82, 2.24) is 5.32 Å². The summed E-state index contributed by atoms with van der Waals surface area (Å²) in [5, 5.41) is 2.25. The molecular weight excluding hydrogens is 422 g/mol. The highest BCUT2D eigenvalue weighted by Crippen LogP contribution is 2.28. The fourth-order valence-corrected chi connectivity index (χ4v) is 3.65. The van der Waals surface area contributed by atoms with Crippen molar-refractivity contribution in [2.24, 2.45) is 0 Å². The summed E-state index contributed by atoms with van der Waals surface area (Å²) in [6.07, 6.45) is 1.49. The van der Waals surface area contributed by atoms with Crippen LogP contribution in [0.2, 0.25) is 0 Å². The Morgan fingerprint density at radius 1 is 1.00 bits per heavy atom. The van der Waals surface area contributed by atoms with Gasteiger partial charge < -0.3 is 4.90 Å². The van der Waals surface area contributed by atoms with E-state index in [0.29, 0.717) is 11.3 Å². The minimum absolute atomic E-state index is 0.0951. The maximum absolute atomic E-state index is 13.0. The SMILES string of the molecule is Cc1ccc(N2C(=O)NC(=O)C(=Cc3ccc(N(C)C)c(Br)c3)C2=O)cc1C. The topological polar surface area (TPSA) is 69.7 Å². The Morgan fingerprint density at radius 2 is 1.71 bits per heavy atom. The predicted octanol–water partition coefficient (Wildman–Crippen LogP) is 3.80. The number of aryl methyl sites for hydroxylation is 2. The first-order valence-corrected chi connectivity index (χ1v) is 9.44. The third-order valence-electron chi connectivity index (χ3n) is 4.61. The number of nitrogens with zero attached hydrogens (tertiary/aromatic N) is 2. The molecule has 144 valence electrons. The van der Waals surface area contributed by atoms with E-state index < -0.39 is 17.8 Å². The monoisotopic (exact) mass is 441 g/mol. The van der Waals surface area contributed by atoms with E-state index in [2.05, 4.69) is 21.2 Å². The lowest BCUT2D eigenvalue weighted by Gasteiger charge is -2.27. The maximum atomic E-state index is 13.0. The normalized spacial score (nSPS) is 15.8. The summed E-state index contributed by atoms with van der Waals surface area (Å²) < 4.78 is 0.831. The number of hydrogen-bond donors (Lipinski definition) is 1. The summed E-state index contributed by atoms with van der Waals surface area (Å²) in [5.41, 5.74) is 3.96. The highest BCUT2D eigenvalue weighted by molar-refractivity contribution is 9.10. The molecule has 1 fully saturated rings. The average Bonchev–Trinajstić information content (AvgIpc) is 2.61. The molecule has 1 aliphatic heterocycles. The van der Waals surface area contributed by atoms with Crippen LogP contribution < -0.4 is 15.1 Å². The number of halogens is 1. The number of imide groups is 2. The summed E-state index contributed by atoms with van der Waals surface area (Å²) in [6.45, 7) is 3.85. The number of urea groups is 1. The van der Waals surface area contributed by atoms with Crippen molar-refractivity contribution in [1.29, 1.82) is 0 Å². The van der Waals surface area contributed by atoms with Crippen molar-refractivity contribution in [2.75, 3.05) is 23.9 Å². The van der Waals surface area contributed by atoms with Gasteiger partial charge in [-0.05, 0) is 76.8 Å². The minimum atomic E-state index is -0.750. The molecule has 2 aromatic rings. The quantitative estimate of drug-likeness (QED) is 0.580. The van der Waals surface area contributed by atoms with Crippen molar-refractivity contribution in [2.45, 2.75) is 13.8 Å². The van der Waals surface area contributed by atoms with E-state index in [1.54, 1.807) is 12.1 Å². The minimum Gasteiger partial charge on any atom is -0.377 e. The van der Waals surface area contributed by atoms with E-state index in [9.17, 15) is 14.4 Å². The summed E-state index contributed by atoms with van der Waals surface area (Å²) in [6, 6.07) is 10.0. The molecule has 4 amide bonds. The molecule has 0 radical (unpaired) electrons. The van der Waals surface area contributed by atoms with Gasteiger partial charge in [0.25, 0.3) is 11.8 Å². The molecule has 0 unspecified atom stereocenters. The van der Waals surface area contributed by atoms with Crippen LogP contribution >= 0.6 is 15.9 Å². The number of carbonyl (C=O) groups is 3. The van der Waals surface area contributed by atoms with Crippen LogP contribution in [-0.4, -0.2) is 31.9 Å². The number of carbonyl (C=O) groups excluding carboxylic acids is 3. The second-order valence-corrected chi connectivity index (χ2v) is 7.69. The van der Waals surface area contributed by atoms with Crippen LogP contribution in [0.25, 0.3) is 6.08 Å². The van der Waals surface area contributed by atoms with Gasteiger partial charge in [-0.3, -0.25) is 14.9 Å². The third kappa shape index (κ3) is 3.71. The second kappa shape index (κ2) is 7.59. The standard InChI is InChI=1S/C21H20BrN3O3/c1-12-5-7-15(9-13(12)2)25-20(27)16(19(26)23-21(25)28)10-14-6-8-18(24(3)4)17(22)11-14/h5-11H,1-4H3,(H,23,26,28). The molecule has 1 heterocycles. The zero-order chi connectivity index (χ0) is 20.6. The zero-order valence-electron chi connectivity index (χ0n) is 16.0. The fraction of sp³-hybridized carbons (Fsp3) is 0.190. The van der Waals surface area contributed by atoms with Gasteiger partial charge in [-0.1, -0.05) is 12.1 Å². The van der Waals surface area contributed by atoms with E-state index in [-0.39, 0.29) is 5.57 Å². The molecule has 0 bridgehead atoms. The molecule has 7 heteroatoms. The zero-order valence-corrected chi connectivity index (χ0v) is 17.6. The van der Waals surface area contributed by atoms with Crippen molar-refractivity contribution in [3.8, 4) is 0 Å². The van der Waals surface area contributed by atoms with Crippen LogP contribution in [0, 0.1) is 13.8 Å². The summed E-state index contributed by atoms with van der Waals surface area (Å²) in [5.74, 6) is -1.35. The Hall–Kier alpha value is -2.93. The Labute approximate surface area is 171 Å². The number of rotatable bonds is 3. The van der Waals surface area contributed by atoms with Crippen molar-refractivity contribution in [3.63, 3.8) is 0 Å². The predicted molar refractivity (Wildman–Crippen MR) is 113 cm³/mol. The largest absolute Gasteiger partial charge is 0.377 e. The Balaban J connectivity index is 2.01. The molecule has 0 spiro atoms. The van der Waals surface area contributed by atoms with Crippen LogP contribution in [0.5, 0.6) is 0 Å². The first-order chi connectivity index (χ1) is 13.2. The Bertz CT molecular complexity index is 1030. The highest BCUT2D eigenvalue weighted by Gasteiger charge is 2.36. The third-order valence-corrected chi connectivity index (χ3v) is 5.25. The van der Waals surface area contributed by atoms with Gasteiger partial charge in [0.2, 0.25) is 0 Å². The molecule has 1 saturated heterocycles. The molecule has 6 nitrogen and oxygen atoms in total. The van der Waals surface area contributed by atoms with E-state index >= 15 is 0 Å². The lowest BCUT2D eigenvalue weighted by Crippen LogP contribution is -2.54. The van der Waals surface area contributed by atoms with Gasteiger partial charge in [-0.25, -0.2) is 9.69 Å². The molecule has 1 aliphatic rings. The van der Waals surface area contributed by atoms with Gasteiger partial charge in [-0.2, -0.15) is 0 Å². The summed E-state index contributed by atoms with van der Waals surface area (Å²) in [4.78, 5) is 40.5. The van der Waals surface area contributed by atoms with Gasteiger partial charge in [-0.15, -0.1) is 0 Å². The fourth-order valence-electron chi connectivity index (χ4n) is 2.90. The number of amides is 4. The maximum Gasteiger partial charge on any atom is 0.335 e. The number of anilines is 2. The van der Waals surface area contributed by atoms with Gasteiger partial charge in [0.05, 0.1) is 11.4 Å². The number of hydrogen-bond acceptors (Lipinski definition) is 4. The summed E-state index contributed by atoms with van der Waals surface area (Å²) in [7, 11) is 3.84. The smallest absolute Gasteiger partial charge is 0.335 e. The van der Waals surface area contributed by atoms with Crippen molar-refractivity contribution in [3.05, 3.63) is 63.1 Å². The van der Waals surface area contributed by atoms with Crippen LogP contribution in [-0.2, 0) is 9.59 Å². The van der Waals surface area contributed by atoms with Crippen LogP contribution in [0.15, 0.2) is 46.4 Å². The Morgan fingerprint density at radius 3 is 2.32 bits per heavy atom. The van der Waals surface area contributed by atoms with E-state index in [1.165, 1.54) is 6.08 Å². The number of barbiturate groups is 1. The van der Waals surface area contributed by atoms with Gasteiger partial charge in [0.15, 0.2) is 0 Å². The van der Waals surface area contributed by atoms with Crippen molar-refractivity contribution < 1.29 is 14.4 Å². The van der Waals surface area contributed by atoms with Gasteiger partial charge in [0.1, 0.15) is 5.57 Å². The van der Waals surface area contributed by atoms with Gasteiger partial charge in [0, 0.05) is 18.6 Å². The van der Waals surface area contributed by atoms with E-state index in [1.807, 2.05) is 57.1 Å². The molecule has 2 aromatic carbocycles. The van der Waals surface area contributed by atoms with Crippen molar-refractivity contribution >= 4 is 51.2 Å². The van der Waals surface area contributed by atoms with Gasteiger partial charge >= 0.3 is 6.03 Å². The molecule has 1 N–H and O–H groups in total. The number of benzene rings is 2. The van der Waals surface area contributed by atoms with E-state index in [4.69, 9.17) is 0 Å². The molecule has 0 saturated carbocycles. The number of nitrogens with one attached hydrogen (secondary N) is 1. The lowest BCUT2D eigenvalue weighted by atomic mass is 10.0. The first-order valence-electron chi connectivity index (χ1n) is 8.64. The molecule has 0 aliphatic carbocycles. The highest BCUT2D eigenvalue weighted by atomic mass is 79.9. The van der Waals surface area contributed by atoms with Crippen LogP contribution in [0.3, 0.4) is 0 Å². The molecule has 0 aromatic heterocycles. The molecule has 28 heavy (non-hydrogen) atoms. The Kier molecular flexibility index (Phi) is 5.38. The molecule has 3 rings (SSSR count). The average molecular weight is 442 g/mol. The molecular formula is C21H20BrN3O3.